The highest BCUT2D eigenvalue weighted by Crippen LogP contribution is 2.31. The van der Waals surface area contributed by atoms with Crippen molar-refractivity contribution in [3.63, 3.8) is 0 Å². The van der Waals surface area contributed by atoms with Crippen molar-refractivity contribution in [2.45, 2.75) is 82.2 Å². The van der Waals surface area contributed by atoms with E-state index in [1.165, 1.54) is 24.6 Å². The topological polar surface area (TPSA) is 82.7 Å². The zero-order valence-corrected chi connectivity index (χ0v) is 18.5. The Labute approximate surface area is 173 Å². The number of rotatable bonds is 11. The van der Waals surface area contributed by atoms with Gasteiger partial charge in [-0.15, -0.1) is 10.2 Å². The minimum atomic E-state index is -0.966. The molecule has 2 unspecified atom stereocenters. The fourth-order valence-electron chi connectivity index (χ4n) is 3.77. The Bertz CT molecular complexity index is 574. The van der Waals surface area contributed by atoms with Gasteiger partial charge in [0, 0.05) is 18.3 Å². The number of nitrogens with zero attached hydrogens (tertiary/aromatic N) is 4. The highest BCUT2D eigenvalue weighted by molar-refractivity contribution is 7.99. The average molecular weight is 413 g/mol. The molecule has 1 fully saturated rings. The molecule has 0 bridgehead atoms. The Morgan fingerprint density at radius 3 is 2.46 bits per heavy atom. The van der Waals surface area contributed by atoms with E-state index < -0.39 is 6.10 Å². The number of carbonyl (C=O) groups is 1. The molecular formula is C20H36N4O3S. The van der Waals surface area contributed by atoms with Crippen LogP contribution in [0.3, 0.4) is 0 Å². The molecular weight excluding hydrogens is 376 g/mol. The molecule has 160 valence electrons. The van der Waals surface area contributed by atoms with Gasteiger partial charge in [0.15, 0.2) is 6.10 Å². The van der Waals surface area contributed by atoms with Crippen LogP contribution in [-0.4, -0.2) is 70.0 Å². The smallest absolute Gasteiger partial charge is 0.276 e. The molecule has 1 heterocycles. The SMILES string of the molecule is CC(C)CC(C(O)c1nnc(SCCN(C)C)o1)N(C=O)C1CCCCCC1. The molecule has 1 amide bonds. The molecule has 7 nitrogen and oxygen atoms in total. The van der Waals surface area contributed by atoms with E-state index in [1.807, 2.05) is 19.0 Å². The van der Waals surface area contributed by atoms with Crippen molar-refractivity contribution in [2.24, 2.45) is 5.92 Å². The summed E-state index contributed by atoms with van der Waals surface area (Å²) in [4.78, 5) is 15.9. The van der Waals surface area contributed by atoms with Gasteiger partial charge in [-0.1, -0.05) is 51.3 Å². The minimum absolute atomic E-state index is 0.176. The first-order valence-corrected chi connectivity index (χ1v) is 11.4. The van der Waals surface area contributed by atoms with Gasteiger partial charge < -0.3 is 19.3 Å². The number of aliphatic hydroxyl groups excluding tert-OH is 1. The van der Waals surface area contributed by atoms with E-state index in [4.69, 9.17) is 4.42 Å². The Balaban J connectivity index is 2.11. The van der Waals surface area contributed by atoms with Crippen LogP contribution in [0, 0.1) is 5.92 Å². The molecule has 0 radical (unpaired) electrons. The molecule has 2 atom stereocenters. The van der Waals surface area contributed by atoms with Gasteiger partial charge in [0.2, 0.25) is 12.3 Å². The molecule has 28 heavy (non-hydrogen) atoms. The quantitative estimate of drug-likeness (QED) is 0.339. The van der Waals surface area contributed by atoms with E-state index in [-0.39, 0.29) is 18.0 Å². The summed E-state index contributed by atoms with van der Waals surface area (Å²) in [5, 5.41) is 19.7. The largest absolute Gasteiger partial charge is 0.413 e. The number of thioether (sulfide) groups is 1. The number of hydrogen-bond donors (Lipinski definition) is 1. The molecule has 0 aromatic carbocycles. The van der Waals surface area contributed by atoms with Crippen molar-refractivity contribution in [1.82, 2.24) is 20.0 Å². The van der Waals surface area contributed by atoms with Crippen LogP contribution in [0.5, 0.6) is 0 Å². The summed E-state index contributed by atoms with van der Waals surface area (Å²) in [7, 11) is 4.03. The number of aliphatic hydroxyl groups is 1. The molecule has 0 saturated heterocycles. The third-order valence-corrected chi connectivity index (χ3v) is 6.07. The van der Waals surface area contributed by atoms with Crippen molar-refractivity contribution in [1.29, 1.82) is 0 Å². The summed E-state index contributed by atoms with van der Waals surface area (Å²) in [5.41, 5.74) is 0. The number of hydrogen-bond acceptors (Lipinski definition) is 7. The lowest BCUT2D eigenvalue weighted by Crippen LogP contribution is -2.46. The van der Waals surface area contributed by atoms with Crippen molar-refractivity contribution >= 4 is 18.2 Å². The Morgan fingerprint density at radius 1 is 1.21 bits per heavy atom. The van der Waals surface area contributed by atoms with Gasteiger partial charge in [0.05, 0.1) is 6.04 Å². The normalized spacial score (nSPS) is 18.2. The Morgan fingerprint density at radius 2 is 1.89 bits per heavy atom. The first kappa shape index (κ1) is 23.2. The molecule has 1 aliphatic carbocycles. The summed E-state index contributed by atoms with van der Waals surface area (Å²) >= 11 is 1.48. The standard InChI is InChI=1S/C20H36N4O3S/c1-15(2)13-17(24(14-25)16-9-7-5-6-8-10-16)18(26)19-21-22-20(27-19)28-12-11-23(3)4/h14-18,26H,5-13H2,1-4H3. The van der Waals surface area contributed by atoms with Gasteiger partial charge in [-0.2, -0.15) is 0 Å². The van der Waals surface area contributed by atoms with Crippen LogP contribution in [-0.2, 0) is 4.79 Å². The second-order valence-electron chi connectivity index (χ2n) is 8.40. The van der Waals surface area contributed by atoms with Crippen molar-refractivity contribution < 1.29 is 14.3 Å². The van der Waals surface area contributed by atoms with Gasteiger partial charge in [-0.25, -0.2) is 0 Å². The van der Waals surface area contributed by atoms with Crippen LogP contribution in [0.4, 0.5) is 0 Å². The third-order valence-electron chi connectivity index (χ3n) is 5.27. The molecule has 1 saturated carbocycles. The van der Waals surface area contributed by atoms with Crippen LogP contribution in [0.2, 0.25) is 0 Å². The predicted octanol–water partition coefficient (Wildman–Crippen LogP) is 3.35. The summed E-state index contributed by atoms with van der Waals surface area (Å²) in [6, 6.07) is -0.170. The van der Waals surface area contributed by atoms with E-state index in [9.17, 15) is 9.90 Å². The predicted molar refractivity (Wildman–Crippen MR) is 111 cm³/mol. The molecule has 1 aliphatic rings. The maximum atomic E-state index is 12.0. The molecule has 8 heteroatoms. The maximum absolute atomic E-state index is 12.0. The second-order valence-corrected chi connectivity index (χ2v) is 9.44. The van der Waals surface area contributed by atoms with E-state index in [2.05, 4.69) is 28.9 Å². The number of aromatic nitrogens is 2. The van der Waals surface area contributed by atoms with Gasteiger partial charge in [-0.05, 0) is 39.3 Å². The van der Waals surface area contributed by atoms with E-state index in [0.29, 0.717) is 17.6 Å². The second kappa shape index (κ2) is 11.8. The Kier molecular flexibility index (Phi) is 9.74. The van der Waals surface area contributed by atoms with Gasteiger partial charge in [0.25, 0.3) is 5.22 Å². The van der Waals surface area contributed by atoms with Gasteiger partial charge in [-0.3, -0.25) is 4.79 Å². The van der Waals surface area contributed by atoms with Crippen molar-refractivity contribution in [3.8, 4) is 0 Å². The monoisotopic (exact) mass is 412 g/mol. The lowest BCUT2D eigenvalue weighted by atomic mass is 9.95. The summed E-state index contributed by atoms with van der Waals surface area (Å²) in [6.07, 6.45) is 7.34. The lowest BCUT2D eigenvalue weighted by molar-refractivity contribution is -0.127. The Hall–Kier alpha value is -1.12. The van der Waals surface area contributed by atoms with Gasteiger partial charge >= 0.3 is 0 Å². The highest BCUT2D eigenvalue weighted by atomic mass is 32.2. The van der Waals surface area contributed by atoms with E-state index >= 15 is 0 Å². The number of carbonyl (C=O) groups excluding carboxylic acids is 1. The zero-order chi connectivity index (χ0) is 20.5. The molecule has 1 N–H and O–H groups in total. The fraction of sp³-hybridized carbons (Fsp3) is 0.850. The maximum Gasteiger partial charge on any atom is 0.276 e. The average Bonchev–Trinajstić information content (AvgIpc) is 2.95. The van der Waals surface area contributed by atoms with Crippen LogP contribution in [0.15, 0.2) is 9.64 Å². The van der Waals surface area contributed by atoms with Gasteiger partial charge in [0.1, 0.15) is 0 Å². The van der Waals surface area contributed by atoms with Crippen LogP contribution in [0.1, 0.15) is 70.8 Å². The molecule has 0 spiro atoms. The number of amides is 1. The summed E-state index contributed by atoms with van der Waals surface area (Å²) < 4.78 is 5.73. The summed E-state index contributed by atoms with van der Waals surface area (Å²) in [5.74, 6) is 1.38. The van der Waals surface area contributed by atoms with E-state index in [1.54, 1.807) is 0 Å². The zero-order valence-electron chi connectivity index (χ0n) is 17.7. The van der Waals surface area contributed by atoms with Crippen LogP contribution >= 0.6 is 11.8 Å². The van der Waals surface area contributed by atoms with Crippen molar-refractivity contribution in [2.75, 3.05) is 26.4 Å². The van der Waals surface area contributed by atoms with Crippen LogP contribution < -0.4 is 0 Å². The van der Waals surface area contributed by atoms with Crippen LogP contribution in [0.25, 0.3) is 0 Å². The fourth-order valence-corrected chi connectivity index (χ4v) is 4.64. The minimum Gasteiger partial charge on any atom is -0.413 e. The highest BCUT2D eigenvalue weighted by Gasteiger charge is 2.35. The molecule has 1 aromatic heterocycles. The first-order chi connectivity index (χ1) is 13.4. The van der Waals surface area contributed by atoms with E-state index in [0.717, 1.165) is 44.4 Å². The van der Waals surface area contributed by atoms with Crippen molar-refractivity contribution in [3.05, 3.63) is 5.89 Å². The molecule has 2 rings (SSSR count). The first-order valence-electron chi connectivity index (χ1n) is 10.4. The molecule has 1 aromatic rings. The lowest BCUT2D eigenvalue weighted by Gasteiger charge is -2.37. The molecule has 0 aliphatic heterocycles. The third kappa shape index (κ3) is 7.04. The summed E-state index contributed by atoms with van der Waals surface area (Å²) in [6.45, 7) is 5.11.